The van der Waals surface area contributed by atoms with Gasteiger partial charge in [-0.2, -0.15) is 4.31 Å². The molecule has 0 aliphatic carbocycles. The first-order valence-corrected chi connectivity index (χ1v) is 7.09. The standard InChI is InChI=1S/C12H17NO3S/c1-3-9-13(17(2,15)16)10-12(14)11-7-5-4-6-8-11/h3-8,12,14H,1,9-10H2,2H3. The Morgan fingerprint density at radius 2 is 2.00 bits per heavy atom. The number of rotatable bonds is 6. The summed E-state index contributed by atoms with van der Waals surface area (Å²) in [7, 11) is -3.33. The van der Waals surface area contributed by atoms with Gasteiger partial charge in [0, 0.05) is 13.1 Å². The minimum absolute atomic E-state index is 0.0366. The summed E-state index contributed by atoms with van der Waals surface area (Å²) in [5.41, 5.74) is 0.699. The summed E-state index contributed by atoms with van der Waals surface area (Å²) in [5, 5.41) is 9.94. The summed E-state index contributed by atoms with van der Waals surface area (Å²) >= 11 is 0. The predicted octanol–water partition coefficient (Wildman–Crippen LogP) is 1.17. The lowest BCUT2D eigenvalue weighted by Gasteiger charge is -2.21. The van der Waals surface area contributed by atoms with Gasteiger partial charge in [-0.3, -0.25) is 0 Å². The molecule has 1 aromatic rings. The van der Waals surface area contributed by atoms with Crippen molar-refractivity contribution in [3.63, 3.8) is 0 Å². The molecule has 1 atom stereocenters. The number of aliphatic hydroxyl groups is 1. The summed E-state index contributed by atoms with van der Waals surface area (Å²) in [4.78, 5) is 0. The second-order valence-electron chi connectivity index (χ2n) is 3.80. The minimum atomic E-state index is -3.33. The van der Waals surface area contributed by atoms with Crippen LogP contribution in [0.15, 0.2) is 43.0 Å². The quantitative estimate of drug-likeness (QED) is 0.776. The molecule has 0 saturated heterocycles. The highest BCUT2D eigenvalue weighted by atomic mass is 32.2. The fraction of sp³-hybridized carbons (Fsp3) is 0.333. The van der Waals surface area contributed by atoms with Crippen molar-refractivity contribution in [3.05, 3.63) is 48.6 Å². The van der Waals surface area contributed by atoms with Gasteiger partial charge in [0.2, 0.25) is 10.0 Å². The maximum atomic E-state index is 11.5. The molecule has 1 unspecified atom stereocenters. The van der Waals surface area contributed by atoms with E-state index in [-0.39, 0.29) is 13.1 Å². The van der Waals surface area contributed by atoms with Crippen molar-refractivity contribution < 1.29 is 13.5 Å². The zero-order chi connectivity index (χ0) is 12.9. The maximum Gasteiger partial charge on any atom is 0.211 e. The Morgan fingerprint density at radius 3 is 2.47 bits per heavy atom. The van der Waals surface area contributed by atoms with Crippen LogP contribution in [0.5, 0.6) is 0 Å². The highest BCUT2D eigenvalue weighted by Crippen LogP contribution is 2.15. The van der Waals surface area contributed by atoms with Crippen molar-refractivity contribution in [3.8, 4) is 0 Å². The summed E-state index contributed by atoms with van der Waals surface area (Å²) in [6, 6.07) is 8.97. The van der Waals surface area contributed by atoms with E-state index in [1.807, 2.05) is 6.07 Å². The van der Waals surface area contributed by atoms with E-state index < -0.39 is 16.1 Å². The molecule has 0 aliphatic heterocycles. The maximum absolute atomic E-state index is 11.5. The fourth-order valence-corrected chi connectivity index (χ4v) is 2.25. The molecular formula is C12H17NO3S. The summed E-state index contributed by atoms with van der Waals surface area (Å²) in [6.45, 7) is 3.74. The van der Waals surface area contributed by atoms with Gasteiger partial charge >= 0.3 is 0 Å². The predicted molar refractivity (Wildman–Crippen MR) is 68.0 cm³/mol. The zero-order valence-electron chi connectivity index (χ0n) is 9.78. The van der Waals surface area contributed by atoms with Crippen LogP contribution in [0, 0.1) is 0 Å². The first-order valence-electron chi connectivity index (χ1n) is 5.24. The van der Waals surface area contributed by atoms with Crippen LogP contribution in [0.4, 0.5) is 0 Å². The number of benzene rings is 1. The number of hydrogen-bond donors (Lipinski definition) is 1. The van der Waals surface area contributed by atoms with Crippen molar-refractivity contribution in [1.29, 1.82) is 0 Å². The van der Waals surface area contributed by atoms with Gasteiger partial charge in [-0.25, -0.2) is 8.42 Å². The Morgan fingerprint density at radius 1 is 1.41 bits per heavy atom. The molecule has 0 radical (unpaired) electrons. The Kier molecular flexibility index (Phi) is 4.86. The molecule has 1 aromatic carbocycles. The smallest absolute Gasteiger partial charge is 0.211 e. The molecule has 0 amide bonds. The molecule has 0 spiro atoms. The van der Waals surface area contributed by atoms with Crippen LogP contribution in [0.2, 0.25) is 0 Å². The van der Waals surface area contributed by atoms with E-state index in [4.69, 9.17) is 0 Å². The minimum Gasteiger partial charge on any atom is -0.387 e. The van der Waals surface area contributed by atoms with Gasteiger partial charge < -0.3 is 5.11 Å². The third-order valence-corrected chi connectivity index (χ3v) is 3.60. The molecular weight excluding hydrogens is 238 g/mol. The SMILES string of the molecule is C=CCN(CC(O)c1ccccc1)S(C)(=O)=O. The van der Waals surface area contributed by atoms with Crippen molar-refractivity contribution in [2.75, 3.05) is 19.3 Å². The van der Waals surface area contributed by atoms with E-state index in [1.54, 1.807) is 24.3 Å². The van der Waals surface area contributed by atoms with Crippen LogP contribution < -0.4 is 0 Å². The van der Waals surface area contributed by atoms with Crippen LogP contribution in [0.3, 0.4) is 0 Å². The van der Waals surface area contributed by atoms with Gasteiger partial charge in [0.15, 0.2) is 0 Å². The fourth-order valence-electron chi connectivity index (χ4n) is 1.46. The molecule has 17 heavy (non-hydrogen) atoms. The van der Waals surface area contributed by atoms with Gasteiger partial charge in [0.1, 0.15) is 0 Å². The molecule has 0 aromatic heterocycles. The number of nitrogens with zero attached hydrogens (tertiary/aromatic N) is 1. The molecule has 0 heterocycles. The molecule has 0 bridgehead atoms. The topological polar surface area (TPSA) is 57.6 Å². The summed E-state index contributed by atoms with van der Waals surface area (Å²) < 4.78 is 24.1. The van der Waals surface area contributed by atoms with Crippen molar-refractivity contribution in [2.45, 2.75) is 6.10 Å². The molecule has 1 rings (SSSR count). The lowest BCUT2D eigenvalue weighted by molar-refractivity contribution is 0.151. The van der Waals surface area contributed by atoms with Crippen LogP contribution in [0.25, 0.3) is 0 Å². The first-order chi connectivity index (χ1) is 7.95. The normalized spacial score (nSPS) is 13.6. The highest BCUT2D eigenvalue weighted by molar-refractivity contribution is 7.88. The summed E-state index contributed by atoms with van der Waals surface area (Å²) in [5.74, 6) is 0. The van der Waals surface area contributed by atoms with E-state index in [9.17, 15) is 13.5 Å². The first kappa shape index (κ1) is 13.9. The van der Waals surface area contributed by atoms with E-state index in [2.05, 4.69) is 6.58 Å². The second kappa shape index (κ2) is 5.95. The molecule has 0 aliphatic rings. The van der Waals surface area contributed by atoms with Gasteiger partial charge in [-0.05, 0) is 5.56 Å². The van der Waals surface area contributed by atoms with Gasteiger partial charge in [-0.1, -0.05) is 36.4 Å². The molecule has 0 fully saturated rings. The average molecular weight is 255 g/mol. The lowest BCUT2D eigenvalue weighted by atomic mass is 10.1. The van der Waals surface area contributed by atoms with Crippen LogP contribution >= 0.6 is 0 Å². The number of sulfonamides is 1. The van der Waals surface area contributed by atoms with E-state index in [0.717, 1.165) is 6.26 Å². The summed E-state index contributed by atoms with van der Waals surface area (Å²) in [6.07, 6.45) is 1.79. The molecule has 5 heteroatoms. The number of hydrogen-bond acceptors (Lipinski definition) is 3. The lowest BCUT2D eigenvalue weighted by Crippen LogP contribution is -2.34. The Labute approximate surface area is 102 Å². The molecule has 1 N–H and O–H groups in total. The van der Waals surface area contributed by atoms with Gasteiger partial charge in [-0.15, -0.1) is 6.58 Å². The second-order valence-corrected chi connectivity index (χ2v) is 5.78. The van der Waals surface area contributed by atoms with E-state index in [0.29, 0.717) is 5.56 Å². The molecule has 94 valence electrons. The van der Waals surface area contributed by atoms with Crippen LogP contribution in [-0.4, -0.2) is 37.2 Å². The largest absolute Gasteiger partial charge is 0.387 e. The van der Waals surface area contributed by atoms with Gasteiger partial charge in [0.05, 0.1) is 12.4 Å². The van der Waals surface area contributed by atoms with Crippen molar-refractivity contribution in [1.82, 2.24) is 4.31 Å². The van der Waals surface area contributed by atoms with E-state index in [1.165, 1.54) is 10.4 Å². The molecule has 4 nitrogen and oxygen atoms in total. The Hall–Kier alpha value is -1.17. The van der Waals surface area contributed by atoms with Gasteiger partial charge in [0.25, 0.3) is 0 Å². The third kappa shape index (κ3) is 4.30. The average Bonchev–Trinajstić information content (AvgIpc) is 2.28. The number of aliphatic hydroxyl groups excluding tert-OH is 1. The zero-order valence-corrected chi connectivity index (χ0v) is 10.6. The van der Waals surface area contributed by atoms with Crippen molar-refractivity contribution >= 4 is 10.0 Å². The van der Waals surface area contributed by atoms with Crippen LogP contribution in [-0.2, 0) is 10.0 Å². The Balaban J connectivity index is 2.78. The van der Waals surface area contributed by atoms with E-state index >= 15 is 0 Å². The molecule has 0 saturated carbocycles. The Bertz CT molecular complexity index is 456. The third-order valence-electron chi connectivity index (χ3n) is 2.36. The van der Waals surface area contributed by atoms with Crippen molar-refractivity contribution in [2.24, 2.45) is 0 Å². The highest BCUT2D eigenvalue weighted by Gasteiger charge is 2.19. The monoisotopic (exact) mass is 255 g/mol. The van der Waals surface area contributed by atoms with Crippen LogP contribution in [0.1, 0.15) is 11.7 Å².